The van der Waals surface area contributed by atoms with Crippen molar-refractivity contribution in [2.45, 2.75) is 25.8 Å². The highest BCUT2D eigenvalue weighted by molar-refractivity contribution is 7.91. The van der Waals surface area contributed by atoms with Crippen LogP contribution in [0.15, 0.2) is 0 Å². The van der Waals surface area contributed by atoms with Crippen molar-refractivity contribution in [2.75, 3.05) is 37.7 Å². The van der Waals surface area contributed by atoms with Gasteiger partial charge in [-0.3, -0.25) is 9.69 Å². The molecule has 2 saturated heterocycles. The summed E-state index contributed by atoms with van der Waals surface area (Å²) >= 11 is 0. The Hall–Kier alpha value is -1.13. The number of nitriles is 1. The van der Waals surface area contributed by atoms with Crippen molar-refractivity contribution in [3.05, 3.63) is 0 Å². The van der Waals surface area contributed by atoms with Gasteiger partial charge in [0.15, 0.2) is 9.84 Å². The molecule has 2 unspecified atom stereocenters. The number of nitrogens with zero attached hydrogens (tertiary/aromatic N) is 3. The first-order valence-corrected chi connectivity index (χ1v) is 8.92. The number of amides is 1. The van der Waals surface area contributed by atoms with Crippen LogP contribution in [0.4, 0.5) is 0 Å². The van der Waals surface area contributed by atoms with Gasteiger partial charge in [-0.15, -0.1) is 0 Å². The van der Waals surface area contributed by atoms with Crippen molar-refractivity contribution in [3.63, 3.8) is 0 Å². The molecule has 2 aliphatic rings. The van der Waals surface area contributed by atoms with Crippen LogP contribution in [0.1, 0.15) is 19.8 Å². The van der Waals surface area contributed by atoms with Crippen LogP contribution in [0.2, 0.25) is 0 Å². The molecule has 6 nitrogen and oxygen atoms in total. The molecule has 7 heteroatoms. The average molecular weight is 299 g/mol. The fraction of sp³-hybridized carbons (Fsp3) is 0.846. The van der Waals surface area contributed by atoms with E-state index < -0.39 is 9.84 Å². The molecule has 0 saturated carbocycles. The Morgan fingerprint density at radius 3 is 2.45 bits per heavy atom. The lowest BCUT2D eigenvalue weighted by Crippen LogP contribution is -2.52. The van der Waals surface area contributed by atoms with Gasteiger partial charge in [-0.2, -0.15) is 5.26 Å². The van der Waals surface area contributed by atoms with Crippen molar-refractivity contribution in [1.82, 2.24) is 9.80 Å². The van der Waals surface area contributed by atoms with Gasteiger partial charge in [0.2, 0.25) is 5.91 Å². The third-order valence-corrected chi connectivity index (χ3v) is 5.95. The summed E-state index contributed by atoms with van der Waals surface area (Å²) in [5.41, 5.74) is 0. The molecule has 2 aliphatic heterocycles. The van der Waals surface area contributed by atoms with Crippen LogP contribution in [-0.4, -0.2) is 67.9 Å². The Balaban J connectivity index is 1.88. The molecule has 0 aliphatic carbocycles. The largest absolute Gasteiger partial charge is 0.340 e. The van der Waals surface area contributed by atoms with Crippen molar-refractivity contribution >= 4 is 15.7 Å². The number of carbonyl (C=O) groups is 1. The first-order valence-electron chi connectivity index (χ1n) is 7.09. The van der Waals surface area contributed by atoms with E-state index in [1.807, 2.05) is 6.92 Å². The van der Waals surface area contributed by atoms with Gasteiger partial charge < -0.3 is 4.90 Å². The van der Waals surface area contributed by atoms with Crippen LogP contribution in [-0.2, 0) is 14.6 Å². The maximum atomic E-state index is 12.3. The zero-order valence-corrected chi connectivity index (χ0v) is 12.6. The van der Waals surface area contributed by atoms with Gasteiger partial charge in [0, 0.05) is 26.2 Å². The summed E-state index contributed by atoms with van der Waals surface area (Å²) < 4.78 is 22.9. The minimum atomic E-state index is -3.01. The van der Waals surface area contributed by atoms with Gasteiger partial charge in [0.25, 0.3) is 0 Å². The van der Waals surface area contributed by atoms with Crippen LogP contribution in [0, 0.1) is 17.2 Å². The summed E-state index contributed by atoms with van der Waals surface area (Å²) in [6.45, 7) is 4.55. The molecule has 2 heterocycles. The molecule has 1 amide bonds. The molecule has 0 spiro atoms. The topological polar surface area (TPSA) is 81.5 Å². The first kappa shape index (κ1) is 15.3. The zero-order chi connectivity index (χ0) is 14.8. The van der Waals surface area contributed by atoms with Gasteiger partial charge in [0.1, 0.15) is 0 Å². The van der Waals surface area contributed by atoms with Crippen molar-refractivity contribution in [2.24, 2.45) is 5.92 Å². The van der Waals surface area contributed by atoms with Crippen LogP contribution in [0.3, 0.4) is 0 Å². The highest BCUT2D eigenvalue weighted by atomic mass is 32.2. The van der Waals surface area contributed by atoms with Gasteiger partial charge in [0.05, 0.1) is 29.5 Å². The second kappa shape index (κ2) is 6.10. The Bertz CT molecular complexity index is 503. The predicted molar refractivity (Wildman–Crippen MR) is 74.6 cm³/mol. The fourth-order valence-electron chi connectivity index (χ4n) is 2.93. The molecule has 0 aromatic carbocycles. The molecular formula is C13H21N3O3S. The van der Waals surface area contributed by atoms with E-state index in [1.165, 1.54) is 0 Å². The third kappa shape index (κ3) is 3.30. The zero-order valence-electron chi connectivity index (χ0n) is 11.8. The molecule has 2 rings (SSSR count). The van der Waals surface area contributed by atoms with E-state index in [-0.39, 0.29) is 29.4 Å². The van der Waals surface area contributed by atoms with Gasteiger partial charge >= 0.3 is 0 Å². The highest BCUT2D eigenvalue weighted by Crippen LogP contribution is 2.21. The smallest absolute Gasteiger partial charge is 0.226 e. The van der Waals surface area contributed by atoms with E-state index in [9.17, 15) is 13.2 Å². The highest BCUT2D eigenvalue weighted by Gasteiger charge is 2.36. The lowest BCUT2D eigenvalue weighted by atomic mass is 10.1. The average Bonchev–Trinajstić information content (AvgIpc) is 2.80. The van der Waals surface area contributed by atoms with Gasteiger partial charge in [-0.05, 0) is 12.8 Å². The second-order valence-electron chi connectivity index (χ2n) is 5.51. The molecule has 2 atom stereocenters. The van der Waals surface area contributed by atoms with E-state index in [2.05, 4.69) is 11.0 Å². The number of carbonyl (C=O) groups excluding carboxylic acids is 1. The summed E-state index contributed by atoms with van der Waals surface area (Å²) in [4.78, 5) is 16.1. The molecule has 0 aromatic rings. The number of hydrogen-bond donors (Lipinski definition) is 0. The molecule has 2 fully saturated rings. The summed E-state index contributed by atoms with van der Waals surface area (Å²) in [6.07, 6.45) is 1.24. The van der Waals surface area contributed by atoms with E-state index in [0.29, 0.717) is 32.6 Å². The third-order valence-electron chi connectivity index (χ3n) is 4.18. The summed E-state index contributed by atoms with van der Waals surface area (Å²) in [7, 11) is -3.01. The van der Waals surface area contributed by atoms with Crippen molar-refractivity contribution < 1.29 is 13.2 Å². The van der Waals surface area contributed by atoms with Crippen LogP contribution in [0.5, 0.6) is 0 Å². The predicted octanol–water partition coefficient (Wildman–Crippen LogP) is -0.133. The number of sulfone groups is 1. The Labute approximate surface area is 120 Å². The number of rotatable bonds is 3. The standard InChI is InChI=1S/C13H21N3O3S/c1-2-12(9-14)15-4-6-16(7-5-15)13(17)11-3-8-20(18,19)10-11/h11-12H,2-8,10H2,1H3. The minimum absolute atomic E-state index is 0.00181. The molecule has 0 N–H and O–H groups in total. The minimum Gasteiger partial charge on any atom is -0.340 e. The van der Waals surface area contributed by atoms with Gasteiger partial charge in [-0.25, -0.2) is 8.42 Å². The monoisotopic (exact) mass is 299 g/mol. The maximum absolute atomic E-state index is 12.3. The summed E-state index contributed by atoms with van der Waals surface area (Å²) in [5, 5.41) is 9.04. The molecule has 20 heavy (non-hydrogen) atoms. The molecule has 0 aromatic heterocycles. The van der Waals surface area contributed by atoms with E-state index in [4.69, 9.17) is 5.26 Å². The van der Waals surface area contributed by atoms with Crippen LogP contribution >= 0.6 is 0 Å². The molecular weight excluding hydrogens is 278 g/mol. The first-order chi connectivity index (χ1) is 9.46. The Morgan fingerprint density at radius 2 is 2.00 bits per heavy atom. The molecule has 112 valence electrons. The van der Waals surface area contributed by atoms with E-state index in [0.717, 1.165) is 6.42 Å². The molecule has 0 bridgehead atoms. The lowest BCUT2D eigenvalue weighted by Gasteiger charge is -2.37. The van der Waals surface area contributed by atoms with Crippen LogP contribution in [0.25, 0.3) is 0 Å². The normalized spacial score (nSPS) is 28.0. The van der Waals surface area contributed by atoms with E-state index >= 15 is 0 Å². The Kier molecular flexibility index (Phi) is 4.66. The van der Waals surface area contributed by atoms with Crippen molar-refractivity contribution in [1.29, 1.82) is 5.26 Å². The fourth-order valence-corrected chi connectivity index (χ4v) is 4.67. The molecule has 0 radical (unpaired) electrons. The van der Waals surface area contributed by atoms with Crippen molar-refractivity contribution in [3.8, 4) is 6.07 Å². The summed E-state index contributed by atoms with van der Waals surface area (Å²) in [6, 6.07) is 2.19. The SMILES string of the molecule is CCC(C#N)N1CCN(C(=O)C2CCS(=O)(=O)C2)CC1. The number of hydrogen-bond acceptors (Lipinski definition) is 5. The van der Waals surface area contributed by atoms with Gasteiger partial charge in [-0.1, -0.05) is 6.92 Å². The summed E-state index contributed by atoms with van der Waals surface area (Å²) in [5.74, 6) is -0.252. The lowest BCUT2D eigenvalue weighted by molar-refractivity contribution is -0.136. The van der Waals surface area contributed by atoms with Crippen LogP contribution < -0.4 is 0 Å². The number of piperazine rings is 1. The maximum Gasteiger partial charge on any atom is 0.226 e. The second-order valence-corrected chi connectivity index (χ2v) is 7.74. The Morgan fingerprint density at radius 1 is 1.35 bits per heavy atom. The van der Waals surface area contributed by atoms with E-state index in [1.54, 1.807) is 4.90 Å². The quantitative estimate of drug-likeness (QED) is 0.725.